The van der Waals surface area contributed by atoms with E-state index in [1.165, 1.54) is 0 Å². The van der Waals surface area contributed by atoms with Crippen LogP contribution < -0.4 is 11.1 Å². The Balaban J connectivity index is 1.59. The smallest absolute Gasteiger partial charge is 0.312 e. The molecular weight excluding hydrogens is 366 g/mol. The van der Waals surface area contributed by atoms with Crippen molar-refractivity contribution in [2.75, 3.05) is 6.54 Å². The van der Waals surface area contributed by atoms with Crippen LogP contribution in [0.1, 0.15) is 47.1 Å². The molecule has 1 aromatic heterocycles. The molecule has 1 atom stereocenters. The molecule has 3 amide bonds. The first-order valence-corrected chi connectivity index (χ1v) is 9.89. The van der Waals surface area contributed by atoms with Gasteiger partial charge in [-0.15, -0.1) is 0 Å². The first-order chi connectivity index (χ1) is 14.0. The van der Waals surface area contributed by atoms with Gasteiger partial charge in [-0.25, -0.2) is 9.78 Å². The highest BCUT2D eigenvalue weighted by atomic mass is 16.2. The first kappa shape index (κ1) is 19.0. The van der Waals surface area contributed by atoms with E-state index in [-0.39, 0.29) is 11.9 Å². The maximum Gasteiger partial charge on any atom is 0.312 e. The fourth-order valence-corrected chi connectivity index (χ4v) is 4.03. The van der Waals surface area contributed by atoms with E-state index in [9.17, 15) is 9.59 Å². The van der Waals surface area contributed by atoms with Gasteiger partial charge < -0.3 is 20.5 Å². The number of imidazole rings is 1. The zero-order valence-corrected chi connectivity index (χ0v) is 16.5. The summed E-state index contributed by atoms with van der Waals surface area (Å²) in [6.07, 6.45) is 2.98. The van der Waals surface area contributed by atoms with Gasteiger partial charge in [0.25, 0.3) is 5.91 Å². The van der Waals surface area contributed by atoms with Crippen LogP contribution in [0.5, 0.6) is 0 Å². The van der Waals surface area contributed by atoms with Gasteiger partial charge in [-0.1, -0.05) is 24.3 Å². The molecule has 1 aliphatic heterocycles. The van der Waals surface area contributed by atoms with Gasteiger partial charge in [0.2, 0.25) is 0 Å². The normalized spacial score (nSPS) is 16.7. The van der Waals surface area contributed by atoms with Crippen molar-refractivity contribution in [2.45, 2.75) is 31.8 Å². The van der Waals surface area contributed by atoms with Gasteiger partial charge in [0.1, 0.15) is 5.82 Å². The van der Waals surface area contributed by atoms with E-state index in [1.54, 1.807) is 12.1 Å². The van der Waals surface area contributed by atoms with Crippen molar-refractivity contribution in [3.8, 4) is 0 Å². The monoisotopic (exact) mass is 391 g/mol. The van der Waals surface area contributed by atoms with Crippen molar-refractivity contribution in [3.63, 3.8) is 0 Å². The number of carbonyl (C=O) groups excluding carboxylic acids is 2. The number of nitrogens with one attached hydrogen (secondary N) is 1. The number of amides is 3. The van der Waals surface area contributed by atoms with Crippen LogP contribution in [0.3, 0.4) is 0 Å². The lowest BCUT2D eigenvalue weighted by Gasteiger charge is -2.35. The van der Waals surface area contributed by atoms with E-state index in [0.29, 0.717) is 12.1 Å². The van der Waals surface area contributed by atoms with Gasteiger partial charge in [-0.05, 0) is 49.1 Å². The summed E-state index contributed by atoms with van der Waals surface area (Å²) >= 11 is 0. The van der Waals surface area contributed by atoms with E-state index in [2.05, 4.69) is 16.0 Å². The predicted molar refractivity (Wildman–Crippen MR) is 111 cm³/mol. The molecule has 3 N–H and O–H groups in total. The third-order valence-corrected chi connectivity index (χ3v) is 5.55. The minimum absolute atomic E-state index is 0.0103. The summed E-state index contributed by atoms with van der Waals surface area (Å²) < 4.78 is 2.10. The number of likely N-dealkylation sites (tertiary alicyclic amines) is 1. The molecule has 2 aromatic carbocycles. The van der Waals surface area contributed by atoms with Crippen LogP contribution in [0.15, 0.2) is 48.5 Å². The Morgan fingerprint density at radius 1 is 1.14 bits per heavy atom. The largest absolute Gasteiger partial charge is 0.352 e. The lowest BCUT2D eigenvalue weighted by Crippen LogP contribution is -2.39. The molecule has 2 heterocycles. The second-order valence-electron chi connectivity index (χ2n) is 7.44. The molecule has 1 unspecified atom stereocenters. The number of benzene rings is 2. The van der Waals surface area contributed by atoms with E-state index in [1.807, 2.05) is 42.3 Å². The maximum absolute atomic E-state index is 13.3. The number of piperidine rings is 1. The molecule has 4 rings (SSSR count). The average molecular weight is 391 g/mol. The number of nitrogens with two attached hydrogens (primary N) is 1. The third-order valence-electron chi connectivity index (χ3n) is 5.55. The summed E-state index contributed by atoms with van der Waals surface area (Å²) in [6, 6.07) is 14.8. The minimum Gasteiger partial charge on any atom is -0.352 e. The SMILES string of the molecule is Cn1c(C2CCCCN2C(=O)c2ccc(CNC(N)=O)cc2)nc2ccccc21. The van der Waals surface area contributed by atoms with Crippen LogP contribution in [0, 0.1) is 0 Å². The van der Waals surface area contributed by atoms with Crippen molar-refractivity contribution < 1.29 is 9.59 Å². The quantitative estimate of drug-likeness (QED) is 0.716. The molecule has 0 spiro atoms. The second-order valence-corrected chi connectivity index (χ2v) is 7.44. The van der Waals surface area contributed by atoms with E-state index < -0.39 is 6.03 Å². The molecule has 1 aliphatic rings. The molecule has 7 nitrogen and oxygen atoms in total. The molecule has 3 aromatic rings. The Hall–Kier alpha value is -3.35. The number of hydrogen-bond donors (Lipinski definition) is 2. The number of para-hydroxylation sites is 2. The number of primary amides is 1. The zero-order valence-electron chi connectivity index (χ0n) is 16.5. The summed E-state index contributed by atoms with van der Waals surface area (Å²) in [7, 11) is 2.02. The molecule has 0 radical (unpaired) electrons. The molecule has 0 aliphatic carbocycles. The zero-order chi connectivity index (χ0) is 20.4. The summed E-state index contributed by atoms with van der Waals surface area (Å²) in [5, 5.41) is 2.55. The number of nitrogens with zero attached hydrogens (tertiary/aromatic N) is 3. The van der Waals surface area contributed by atoms with Gasteiger partial charge >= 0.3 is 6.03 Å². The lowest BCUT2D eigenvalue weighted by atomic mass is 9.99. The van der Waals surface area contributed by atoms with Gasteiger partial charge in [0.05, 0.1) is 17.1 Å². The van der Waals surface area contributed by atoms with Crippen LogP contribution >= 0.6 is 0 Å². The summed E-state index contributed by atoms with van der Waals surface area (Å²) in [5.41, 5.74) is 8.67. The van der Waals surface area contributed by atoms with Crippen molar-refractivity contribution >= 4 is 23.0 Å². The molecule has 150 valence electrons. The molecule has 0 bridgehead atoms. The topological polar surface area (TPSA) is 93.3 Å². The van der Waals surface area contributed by atoms with Crippen LogP contribution in [-0.4, -0.2) is 32.9 Å². The molecule has 29 heavy (non-hydrogen) atoms. The number of carbonyl (C=O) groups is 2. The van der Waals surface area contributed by atoms with Crippen LogP contribution in [0.4, 0.5) is 4.79 Å². The Labute approximate surface area is 169 Å². The molecule has 0 saturated carbocycles. The highest BCUT2D eigenvalue weighted by molar-refractivity contribution is 5.94. The third kappa shape index (κ3) is 3.81. The summed E-state index contributed by atoms with van der Waals surface area (Å²) in [5.74, 6) is 0.942. The van der Waals surface area contributed by atoms with Crippen molar-refractivity contribution in [3.05, 3.63) is 65.5 Å². The molecule has 1 fully saturated rings. The van der Waals surface area contributed by atoms with E-state index in [4.69, 9.17) is 10.7 Å². The Bertz CT molecular complexity index is 1040. The van der Waals surface area contributed by atoms with Crippen LogP contribution in [0.25, 0.3) is 11.0 Å². The number of urea groups is 1. The van der Waals surface area contributed by atoms with Gasteiger partial charge in [-0.2, -0.15) is 0 Å². The number of rotatable bonds is 4. The van der Waals surface area contributed by atoms with Crippen molar-refractivity contribution in [1.82, 2.24) is 19.8 Å². The summed E-state index contributed by atoms with van der Waals surface area (Å²) in [6.45, 7) is 1.06. The lowest BCUT2D eigenvalue weighted by molar-refractivity contribution is 0.0597. The van der Waals surface area contributed by atoms with Gasteiger partial charge in [0, 0.05) is 25.7 Å². The highest BCUT2D eigenvalue weighted by Crippen LogP contribution is 2.33. The Morgan fingerprint density at radius 2 is 1.90 bits per heavy atom. The molecule has 1 saturated heterocycles. The predicted octanol–water partition coefficient (Wildman–Crippen LogP) is 3.11. The van der Waals surface area contributed by atoms with Crippen LogP contribution in [0.2, 0.25) is 0 Å². The van der Waals surface area contributed by atoms with E-state index >= 15 is 0 Å². The summed E-state index contributed by atoms with van der Waals surface area (Å²) in [4.78, 5) is 30.9. The first-order valence-electron chi connectivity index (χ1n) is 9.89. The maximum atomic E-state index is 13.3. The second kappa shape index (κ2) is 7.95. The molecule has 7 heteroatoms. The fraction of sp³-hybridized carbons (Fsp3) is 0.318. The minimum atomic E-state index is -0.566. The Kier molecular flexibility index (Phi) is 5.20. The standard InChI is InChI=1S/C22H25N5O2/c1-26-18-7-3-2-6-17(18)25-20(26)19-8-4-5-13-27(19)21(28)16-11-9-15(10-12-16)14-24-22(23)29/h2-3,6-7,9-12,19H,4-5,8,13-14H2,1H3,(H3,23,24,29). The average Bonchev–Trinajstić information content (AvgIpc) is 3.09. The number of aromatic nitrogens is 2. The van der Waals surface area contributed by atoms with E-state index in [0.717, 1.165) is 48.2 Å². The van der Waals surface area contributed by atoms with Crippen molar-refractivity contribution in [1.29, 1.82) is 0 Å². The number of aryl methyl sites for hydroxylation is 1. The Morgan fingerprint density at radius 3 is 2.62 bits per heavy atom. The number of hydrogen-bond acceptors (Lipinski definition) is 3. The fourth-order valence-electron chi connectivity index (χ4n) is 4.03. The van der Waals surface area contributed by atoms with Gasteiger partial charge in [-0.3, -0.25) is 4.79 Å². The highest BCUT2D eigenvalue weighted by Gasteiger charge is 2.31. The molecular formula is C22H25N5O2. The van der Waals surface area contributed by atoms with Crippen molar-refractivity contribution in [2.24, 2.45) is 12.8 Å². The number of fused-ring (bicyclic) bond motifs is 1. The van der Waals surface area contributed by atoms with Gasteiger partial charge in [0.15, 0.2) is 0 Å². The van der Waals surface area contributed by atoms with Crippen LogP contribution in [-0.2, 0) is 13.6 Å².